The molecule has 2 heterocycles. The molecule has 0 saturated carbocycles. The molecule has 8 heteroatoms. The summed E-state index contributed by atoms with van der Waals surface area (Å²) in [5.41, 5.74) is 2.52. The molecule has 4 rings (SSSR count). The molecule has 1 atom stereocenters. The van der Waals surface area contributed by atoms with E-state index in [0.717, 1.165) is 44.3 Å². The van der Waals surface area contributed by atoms with Gasteiger partial charge in [-0.15, -0.1) is 5.10 Å². The molecular weight excluding hydrogens is 404 g/mol. The molecule has 170 valence electrons. The fourth-order valence-corrected chi connectivity index (χ4v) is 4.20. The summed E-state index contributed by atoms with van der Waals surface area (Å²) >= 11 is 0. The third kappa shape index (κ3) is 5.51. The molecule has 1 aromatic heterocycles. The van der Waals surface area contributed by atoms with Gasteiger partial charge in [-0.2, -0.15) is 0 Å². The largest absolute Gasteiger partial charge is 0.494 e. The lowest BCUT2D eigenvalue weighted by Gasteiger charge is -2.39. The smallest absolute Gasteiger partial charge is 0.173 e. The average Bonchev–Trinajstić information content (AvgIpc) is 3.29. The van der Waals surface area contributed by atoms with E-state index in [9.17, 15) is 0 Å². The van der Waals surface area contributed by atoms with E-state index in [-0.39, 0.29) is 6.04 Å². The van der Waals surface area contributed by atoms with Crippen molar-refractivity contribution in [1.82, 2.24) is 30.0 Å². The van der Waals surface area contributed by atoms with E-state index >= 15 is 0 Å². The van der Waals surface area contributed by atoms with Gasteiger partial charge in [-0.3, -0.25) is 9.80 Å². The number of aromatic nitrogens is 4. The van der Waals surface area contributed by atoms with Gasteiger partial charge in [-0.1, -0.05) is 42.5 Å². The Bertz CT molecular complexity index is 939. The first kappa shape index (κ1) is 22.4. The van der Waals surface area contributed by atoms with Gasteiger partial charge in [0.25, 0.3) is 0 Å². The zero-order valence-corrected chi connectivity index (χ0v) is 18.9. The maximum absolute atomic E-state index is 5.64. The molecule has 1 aliphatic heterocycles. The van der Waals surface area contributed by atoms with Crippen molar-refractivity contribution in [2.75, 3.05) is 46.5 Å². The molecule has 1 fully saturated rings. The van der Waals surface area contributed by atoms with Gasteiger partial charge in [0.05, 0.1) is 25.8 Å². The van der Waals surface area contributed by atoms with Crippen molar-refractivity contribution in [3.8, 4) is 5.75 Å². The van der Waals surface area contributed by atoms with Crippen molar-refractivity contribution < 1.29 is 9.47 Å². The third-order valence-electron chi connectivity index (χ3n) is 5.84. The molecule has 2 aromatic carbocycles. The molecule has 8 nitrogen and oxygen atoms in total. The third-order valence-corrected chi connectivity index (χ3v) is 5.84. The number of methoxy groups -OCH3 is 1. The second-order valence-electron chi connectivity index (χ2n) is 7.96. The number of piperazine rings is 1. The summed E-state index contributed by atoms with van der Waals surface area (Å²) in [7, 11) is 1.69. The van der Waals surface area contributed by atoms with Crippen LogP contribution in [0, 0.1) is 0 Å². The van der Waals surface area contributed by atoms with Crippen LogP contribution in [0.3, 0.4) is 0 Å². The van der Waals surface area contributed by atoms with E-state index in [1.807, 2.05) is 23.7 Å². The monoisotopic (exact) mass is 436 g/mol. The van der Waals surface area contributed by atoms with Gasteiger partial charge < -0.3 is 9.47 Å². The molecular formula is C24H32N6O2. The normalized spacial score (nSPS) is 16.2. The molecule has 3 aromatic rings. The molecule has 0 aliphatic carbocycles. The van der Waals surface area contributed by atoms with E-state index in [4.69, 9.17) is 9.47 Å². The molecule has 0 radical (unpaired) electrons. The fourth-order valence-electron chi connectivity index (χ4n) is 4.20. The lowest BCUT2D eigenvalue weighted by molar-refractivity contribution is 0.0988. The lowest BCUT2D eigenvalue weighted by atomic mass is 10.0. The van der Waals surface area contributed by atoms with E-state index in [1.54, 1.807) is 7.11 Å². The number of ether oxygens (including phenoxy) is 2. The Morgan fingerprint density at radius 1 is 0.969 bits per heavy atom. The highest BCUT2D eigenvalue weighted by atomic mass is 16.5. The van der Waals surface area contributed by atoms with Crippen molar-refractivity contribution in [3.05, 3.63) is 71.5 Å². The van der Waals surface area contributed by atoms with Crippen molar-refractivity contribution >= 4 is 0 Å². The van der Waals surface area contributed by atoms with E-state index in [0.29, 0.717) is 19.8 Å². The van der Waals surface area contributed by atoms with Crippen LogP contribution in [0.2, 0.25) is 0 Å². The molecule has 0 amide bonds. The zero-order valence-electron chi connectivity index (χ0n) is 18.9. The van der Waals surface area contributed by atoms with Gasteiger partial charge >= 0.3 is 0 Å². The second-order valence-corrected chi connectivity index (χ2v) is 7.96. The van der Waals surface area contributed by atoms with Crippen molar-refractivity contribution in [2.45, 2.75) is 26.1 Å². The van der Waals surface area contributed by atoms with Crippen LogP contribution in [0.5, 0.6) is 5.75 Å². The summed E-state index contributed by atoms with van der Waals surface area (Å²) in [4.78, 5) is 4.99. The summed E-state index contributed by atoms with van der Waals surface area (Å²) in [5.74, 6) is 1.73. The molecule has 1 aliphatic rings. The van der Waals surface area contributed by atoms with Crippen LogP contribution in [-0.4, -0.2) is 76.5 Å². The molecule has 0 unspecified atom stereocenters. The minimum absolute atomic E-state index is 0.0172. The number of nitrogens with zero attached hydrogens (tertiary/aromatic N) is 6. The van der Waals surface area contributed by atoms with Gasteiger partial charge in [-0.25, -0.2) is 4.68 Å². The van der Waals surface area contributed by atoms with Crippen LogP contribution in [0.4, 0.5) is 0 Å². The Morgan fingerprint density at radius 3 is 2.41 bits per heavy atom. The van der Waals surface area contributed by atoms with Gasteiger partial charge in [-0.05, 0) is 40.6 Å². The fraction of sp³-hybridized carbons (Fsp3) is 0.458. The maximum Gasteiger partial charge on any atom is 0.173 e. The van der Waals surface area contributed by atoms with E-state index in [2.05, 4.69) is 67.8 Å². The Hall–Kier alpha value is -2.81. The van der Waals surface area contributed by atoms with Gasteiger partial charge in [0.1, 0.15) is 5.75 Å². The standard InChI is InChI=1S/C24H32N6O2/c1-3-32-22-11-9-21(10-12-22)23(24-25-26-27-30(24)17-18-31-2)29-15-13-28(14-16-29)19-20-7-5-4-6-8-20/h4-12,23H,3,13-19H2,1-2H3/t23-/m1/s1. The van der Waals surface area contributed by atoms with Gasteiger partial charge in [0, 0.05) is 39.8 Å². The van der Waals surface area contributed by atoms with Gasteiger partial charge in [0.2, 0.25) is 0 Å². The van der Waals surface area contributed by atoms with Crippen LogP contribution in [0.1, 0.15) is 29.9 Å². The highest BCUT2D eigenvalue weighted by Gasteiger charge is 2.30. The number of tetrazole rings is 1. The summed E-state index contributed by atoms with van der Waals surface area (Å²) in [6.07, 6.45) is 0. The SMILES string of the molecule is CCOc1ccc([C@H](c2nnnn2CCOC)N2CCN(Cc3ccccc3)CC2)cc1. The molecule has 1 saturated heterocycles. The zero-order chi connectivity index (χ0) is 22.2. The summed E-state index contributed by atoms with van der Waals surface area (Å²) in [5, 5.41) is 12.6. The summed E-state index contributed by atoms with van der Waals surface area (Å²) in [6.45, 7) is 8.72. The number of hydrogen-bond acceptors (Lipinski definition) is 7. The summed E-state index contributed by atoms with van der Waals surface area (Å²) in [6, 6.07) is 19.0. The van der Waals surface area contributed by atoms with Crippen LogP contribution >= 0.6 is 0 Å². The Morgan fingerprint density at radius 2 is 1.72 bits per heavy atom. The minimum atomic E-state index is -0.0172. The number of benzene rings is 2. The molecule has 0 spiro atoms. The minimum Gasteiger partial charge on any atom is -0.494 e. The Kier molecular flexibility index (Phi) is 7.82. The Labute approximate surface area is 189 Å². The Balaban J connectivity index is 1.52. The van der Waals surface area contributed by atoms with Crippen LogP contribution in [0.25, 0.3) is 0 Å². The van der Waals surface area contributed by atoms with Crippen LogP contribution < -0.4 is 4.74 Å². The quantitative estimate of drug-likeness (QED) is 0.484. The highest BCUT2D eigenvalue weighted by Crippen LogP contribution is 2.29. The molecule has 0 N–H and O–H groups in total. The first-order valence-corrected chi connectivity index (χ1v) is 11.3. The maximum atomic E-state index is 5.64. The van der Waals surface area contributed by atoms with Crippen LogP contribution in [0.15, 0.2) is 54.6 Å². The van der Waals surface area contributed by atoms with Crippen molar-refractivity contribution in [2.24, 2.45) is 0 Å². The first-order chi connectivity index (χ1) is 15.8. The molecule has 32 heavy (non-hydrogen) atoms. The second kappa shape index (κ2) is 11.2. The van der Waals surface area contributed by atoms with Crippen LogP contribution in [-0.2, 0) is 17.8 Å². The first-order valence-electron chi connectivity index (χ1n) is 11.3. The summed E-state index contributed by atoms with van der Waals surface area (Å²) < 4.78 is 12.8. The van der Waals surface area contributed by atoms with Crippen molar-refractivity contribution in [3.63, 3.8) is 0 Å². The number of hydrogen-bond donors (Lipinski definition) is 0. The van der Waals surface area contributed by atoms with Gasteiger partial charge in [0.15, 0.2) is 5.82 Å². The highest BCUT2D eigenvalue weighted by molar-refractivity contribution is 5.32. The predicted molar refractivity (Wildman–Crippen MR) is 122 cm³/mol. The lowest BCUT2D eigenvalue weighted by Crippen LogP contribution is -2.48. The predicted octanol–water partition coefficient (Wildman–Crippen LogP) is 2.63. The van der Waals surface area contributed by atoms with E-state index in [1.165, 1.54) is 11.1 Å². The number of rotatable bonds is 10. The van der Waals surface area contributed by atoms with E-state index < -0.39 is 0 Å². The topological polar surface area (TPSA) is 68.5 Å². The van der Waals surface area contributed by atoms with Crippen molar-refractivity contribution in [1.29, 1.82) is 0 Å². The molecule has 0 bridgehead atoms. The average molecular weight is 437 g/mol.